The van der Waals surface area contributed by atoms with E-state index in [4.69, 9.17) is 0 Å². The lowest BCUT2D eigenvalue weighted by molar-refractivity contribution is 0.101. The minimum Gasteiger partial charge on any atom is -0.293 e. The SMILES string of the molecule is CC(=O)c1csc(-c2cn(C)nc2C(C)(C)C)n1. The summed E-state index contributed by atoms with van der Waals surface area (Å²) in [6, 6.07) is 0. The van der Waals surface area contributed by atoms with Crippen LogP contribution in [-0.2, 0) is 12.5 Å². The molecule has 0 bridgehead atoms. The van der Waals surface area contributed by atoms with Gasteiger partial charge >= 0.3 is 0 Å². The smallest absolute Gasteiger partial charge is 0.178 e. The van der Waals surface area contributed by atoms with Gasteiger partial charge in [0.05, 0.1) is 11.3 Å². The molecule has 0 fully saturated rings. The standard InChI is InChI=1S/C13H17N3OS/c1-8(17)10-7-18-12(14-10)9-6-16(5)15-11(9)13(2,3)4/h6-7H,1-5H3. The maximum absolute atomic E-state index is 11.3. The normalized spacial score (nSPS) is 11.8. The Labute approximate surface area is 111 Å². The summed E-state index contributed by atoms with van der Waals surface area (Å²) in [6.45, 7) is 7.90. The molecule has 0 unspecified atom stereocenters. The van der Waals surface area contributed by atoms with Gasteiger partial charge in [0.1, 0.15) is 10.7 Å². The van der Waals surface area contributed by atoms with E-state index in [2.05, 4.69) is 30.9 Å². The van der Waals surface area contributed by atoms with Gasteiger partial charge in [-0.1, -0.05) is 20.8 Å². The summed E-state index contributed by atoms with van der Waals surface area (Å²) in [5, 5.41) is 7.17. The number of aryl methyl sites for hydroxylation is 1. The number of carbonyl (C=O) groups excluding carboxylic acids is 1. The molecule has 2 rings (SSSR count). The lowest BCUT2D eigenvalue weighted by Crippen LogP contribution is -2.13. The predicted octanol–water partition coefficient (Wildman–Crippen LogP) is 3.04. The van der Waals surface area contributed by atoms with Gasteiger partial charge in [0.15, 0.2) is 5.78 Å². The molecule has 0 saturated carbocycles. The Morgan fingerprint density at radius 2 is 2.06 bits per heavy atom. The van der Waals surface area contributed by atoms with Crippen LogP contribution < -0.4 is 0 Å². The van der Waals surface area contributed by atoms with Crippen molar-refractivity contribution in [2.24, 2.45) is 7.05 Å². The number of thiazole rings is 1. The molecule has 2 aromatic heterocycles. The molecule has 0 aromatic carbocycles. The molecule has 2 aromatic rings. The molecule has 0 aliphatic carbocycles. The molecule has 0 spiro atoms. The molecule has 0 radical (unpaired) electrons. The number of hydrogen-bond donors (Lipinski definition) is 0. The van der Waals surface area contributed by atoms with Gasteiger partial charge in [-0.25, -0.2) is 4.98 Å². The Morgan fingerprint density at radius 1 is 1.39 bits per heavy atom. The number of rotatable bonds is 2. The fourth-order valence-electron chi connectivity index (χ4n) is 1.76. The summed E-state index contributed by atoms with van der Waals surface area (Å²) in [5.41, 5.74) is 2.51. The van der Waals surface area contributed by atoms with E-state index in [1.165, 1.54) is 18.3 Å². The van der Waals surface area contributed by atoms with E-state index in [-0.39, 0.29) is 11.2 Å². The quantitative estimate of drug-likeness (QED) is 0.782. The monoisotopic (exact) mass is 263 g/mol. The van der Waals surface area contributed by atoms with Crippen LogP contribution in [0.1, 0.15) is 43.9 Å². The average Bonchev–Trinajstić information content (AvgIpc) is 2.81. The molecule has 0 atom stereocenters. The molecule has 0 aliphatic heterocycles. The molecule has 0 aliphatic rings. The van der Waals surface area contributed by atoms with Crippen molar-refractivity contribution in [3.63, 3.8) is 0 Å². The second-order valence-corrected chi connectivity index (χ2v) is 6.27. The first-order chi connectivity index (χ1) is 8.29. The first-order valence-corrected chi connectivity index (χ1v) is 6.68. The van der Waals surface area contributed by atoms with Crippen molar-refractivity contribution in [2.45, 2.75) is 33.1 Å². The van der Waals surface area contributed by atoms with Crippen molar-refractivity contribution < 1.29 is 4.79 Å². The Balaban J connectivity index is 2.53. The molecule has 4 nitrogen and oxygen atoms in total. The zero-order chi connectivity index (χ0) is 13.5. The van der Waals surface area contributed by atoms with Crippen molar-refractivity contribution >= 4 is 17.1 Å². The summed E-state index contributed by atoms with van der Waals surface area (Å²) in [6.07, 6.45) is 1.96. The molecular weight excluding hydrogens is 246 g/mol. The first kappa shape index (κ1) is 13.0. The fraction of sp³-hybridized carbons (Fsp3) is 0.462. The highest BCUT2D eigenvalue weighted by Gasteiger charge is 2.24. The number of nitrogens with zero attached hydrogens (tertiary/aromatic N) is 3. The molecule has 0 N–H and O–H groups in total. The van der Waals surface area contributed by atoms with E-state index in [0.717, 1.165) is 16.3 Å². The van der Waals surface area contributed by atoms with Crippen LogP contribution in [0.15, 0.2) is 11.6 Å². The van der Waals surface area contributed by atoms with E-state index in [1.54, 1.807) is 10.1 Å². The molecular formula is C13H17N3OS. The number of Topliss-reactive ketones (excluding diaryl/α,β-unsaturated/α-hetero) is 1. The summed E-state index contributed by atoms with van der Waals surface area (Å²) < 4.78 is 1.80. The highest BCUT2D eigenvalue weighted by atomic mass is 32.1. The Morgan fingerprint density at radius 3 is 2.56 bits per heavy atom. The second kappa shape index (κ2) is 4.31. The van der Waals surface area contributed by atoms with Crippen LogP contribution in [0.25, 0.3) is 10.6 Å². The number of aromatic nitrogens is 3. The zero-order valence-electron chi connectivity index (χ0n) is 11.3. The molecule has 0 amide bonds. The molecule has 2 heterocycles. The average molecular weight is 263 g/mol. The van der Waals surface area contributed by atoms with Crippen LogP contribution in [0.5, 0.6) is 0 Å². The number of hydrogen-bond acceptors (Lipinski definition) is 4. The predicted molar refractivity (Wildman–Crippen MR) is 73.0 cm³/mol. The van der Waals surface area contributed by atoms with Gasteiger partial charge in [0.25, 0.3) is 0 Å². The lowest BCUT2D eigenvalue weighted by atomic mass is 9.90. The topological polar surface area (TPSA) is 47.8 Å². The highest BCUT2D eigenvalue weighted by molar-refractivity contribution is 7.13. The summed E-state index contributed by atoms with van der Waals surface area (Å²) in [4.78, 5) is 15.7. The number of carbonyl (C=O) groups is 1. The molecule has 18 heavy (non-hydrogen) atoms. The maximum atomic E-state index is 11.3. The van der Waals surface area contributed by atoms with E-state index in [9.17, 15) is 4.79 Å². The van der Waals surface area contributed by atoms with Crippen LogP contribution in [0.4, 0.5) is 0 Å². The van der Waals surface area contributed by atoms with E-state index >= 15 is 0 Å². The van der Waals surface area contributed by atoms with Gasteiger partial charge in [-0.2, -0.15) is 5.10 Å². The van der Waals surface area contributed by atoms with Gasteiger partial charge in [-0.3, -0.25) is 9.48 Å². The van der Waals surface area contributed by atoms with Crippen molar-refractivity contribution in [1.29, 1.82) is 0 Å². The Bertz CT molecular complexity index is 590. The van der Waals surface area contributed by atoms with E-state index in [0.29, 0.717) is 5.69 Å². The van der Waals surface area contributed by atoms with Crippen molar-refractivity contribution in [3.05, 3.63) is 23.0 Å². The highest BCUT2D eigenvalue weighted by Crippen LogP contribution is 2.33. The van der Waals surface area contributed by atoms with Crippen molar-refractivity contribution in [3.8, 4) is 10.6 Å². The fourth-order valence-corrected chi connectivity index (χ4v) is 2.63. The maximum Gasteiger partial charge on any atom is 0.178 e. The number of ketones is 1. The van der Waals surface area contributed by atoms with Crippen LogP contribution in [0.2, 0.25) is 0 Å². The van der Waals surface area contributed by atoms with Gasteiger partial charge < -0.3 is 0 Å². The third-order valence-corrected chi connectivity index (χ3v) is 3.51. The lowest BCUT2D eigenvalue weighted by Gasteiger charge is -2.16. The van der Waals surface area contributed by atoms with Crippen molar-refractivity contribution in [1.82, 2.24) is 14.8 Å². The Hall–Kier alpha value is -1.49. The van der Waals surface area contributed by atoms with Crippen LogP contribution in [-0.4, -0.2) is 20.5 Å². The minimum atomic E-state index is -0.0430. The zero-order valence-corrected chi connectivity index (χ0v) is 12.1. The van der Waals surface area contributed by atoms with Crippen LogP contribution in [0.3, 0.4) is 0 Å². The summed E-state index contributed by atoms with van der Waals surface area (Å²) >= 11 is 1.49. The van der Waals surface area contributed by atoms with Crippen molar-refractivity contribution in [2.75, 3.05) is 0 Å². The van der Waals surface area contributed by atoms with Crippen LogP contribution in [0, 0.1) is 0 Å². The summed E-state index contributed by atoms with van der Waals surface area (Å²) in [7, 11) is 1.90. The Kier molecular flexibility index (Phi) is 3.11. The minimum absolute atomic E-state index is 0.00120. The van der Waals surface area contributed by atoms with Gasteiger partial charge in [0, 0.05) is 31.0 Å². The van der Waals surface area contributed by atoms with E-state index in [1.807, 2.05) is 13.2 Å². The second-order valence-electron chi connectivity index (χ2n) is 5.41. The van der Waals surface area contributed by atoms with Crippen LogP contribution >= 0.6 is 11.3 Å². The van der Waals surface area contributed by atoms with Gasteiger partial charge in [0.2, 0.25) is 0 Å². The first-order valence-electron chi connectivity index (χ1n) is 5.80. The molecule has 5 heteroatoms. The van der Waals surface area contributed by atoms with Gasteiger partial charge in [-0.15, -0.1) is 11.3 Å². The third-order valence-electron chi connectivity index (χ3n) is 2.63. The largest absolute Gasteiger partial charge is 0.293 e. The third kappa shape index (κ3) is 2.36. The molecule has 0 saturated heterocycles. The van der Waals surface area contributed by atoms with E-state index < -0.39 is 0 Å². The summed E-state index contributed by atoms with van der Waals surface area (Å²) in [5.74, 6) is -0.00120. The van der Waals surface area contributed by atoms with Gasteiger partial charge in [-0.05, 0) is 0 Å². The molecule has 96 valence electrons.